The highest BCUT2D eigenvalue weighted by atomic mass is 35.6. The number of carboxylic acids is 1. The molecule has 0 saturated heterocycles. The lowest BCUT2D eigenvalue weighted by Gasteiger charge is -2.17. The molecule has 0 aliphatic carbocycles. The maximum atomic E-state index is 11.2. The number of allylic oxidation sites excluding steroid dienone is 1. The van der Waals surface area contributed by atoms with E-state index in [1.807, 2.05) is 6.92 Å². The lowest BCUT2D eigenvalue weighted by Crippen LogP contribution is -2.15. The molecule has 0 fully saturated rings. The van der Waals surface area contributed by atoms with Crippen molar-refractivity contribution in [3.05, 3.63) is 11.6 Å². The fourth-order valence-corrected chi connectivity index (χ4v) is 2.10. The van der Waals surface area contributed by atoms with Gasteiger partial charge in [-0.3, -0.25) is 0 Å². The van der Waals surface area contributed by atoms with Crippen LogP contribution in [0.2, 0.25) is 0 Å². The third-order valence-electron chi connectivity index (χ3n) is 2.65. The molecule has 100 valence electrons. The van der Waals surface area contributed by atoms with Gasteiger partial charge in [0.15, 0.2) is 0 Å². The summed E-state index contributed by atoms with van der Waals surface area (Å²) in [5, 5.41) is 9.15. The van der Waals surface area contributed by atoms with E-state index in [-0.39, 0.29) is 11.5 Å². The summed E-state index contributed by atoms with van der Waals surface area (Å²) in [7, 11) is 0. The lowest BCUT2D eigenvalue weighted by atomic mass is 9.90. The second-order valence-electron chi connectivity index (χ2n) is 4.05. The Morgan fingerprint density at radius 3 is 2.24 bits per heavy atom. The van der Waals surface area contributed by atoms with E-state index in [1.165, 1.54) is 6.08 Å². The van der Waals surface area contributed by atoms with E-state index >= 15 is 0 Å². The second-order valence-corrected chi connectivity index (χ2v) is 6.42. The fourth-order valence-electron chi connectivity index (χ4n) is 1.75. The minimum atomic E-state index is -1.65. The van der Waals surface area contributed by atoms with E-state index in [1.54, 1.807) is 0 Å². The van der Waals surface area contributed by atoms with Crippen LogP contribution in [0.4, 0.5) is 0 Å². The molecule has 0 spiro atoms. The number of hydrogen-bond acceptors (Lipinski definition) is 1. The van der Waals surface area contributed by atoms with Gasteiger partial charge in [0, 0.05) is 5.57 Å². The molecular weight excluding hydrogens is 282 g/mol. The van der Waals surface area contributed by atoms with E-state index in [2.05, 4.69) is 6.92 Å². The SMILES string of the molecule is CCCCCC(CC)/C(=C\C(Cl)(Cl)Cl)C(=O)O. The first-order valence-corrected chi connectivity index (χ1v) is 6.98. The Kier molecular flexibility index (Phi) is 8.27. The molecule has 1 atom stereocenters. The highest BCUT2D eigenvalue weighted by Crippen LogP contribution is 2.32. The fraction of sp³-hybridized carbons (Fsp3) is 0.750. The van der Waals surface area contributed by atoms with Gasteiger partial charge in [0.25, 0.3) is 0 Å². The van der Waals surface area contributed by atoms with Crippen LogP contribution in [0.3, 0.4) is 0 Å². The molecule has 1 N–H and O–H groups in total. The molecule has 0 aromatic heterocycles. The first-order valence-electron chi connectivity index (χ1n) is 5.84. The quantitative estimate of drug-likeness (QED) is 0.409. The number of alkyl halides is 3. The number of unbranched alkanes of at least 4 members (excludes halogenated alkanes) is 2. The lowest BCUT2D eigenvalue weighted by molar-refractivity contribution is -0.133. The molecule has 2 nitrogen and oxygen atoms in total. The smallest absolute Gasteiger partial charge is 0.331 e. The minimum Gasteiger partial charge on any atom is -0.478 e. The third-order valence-corrected chi connectivity index (χ3v) is 2.98. The zero-order valence-electron chi connectivity index (χ0n) is 10.2. The molecule has 0 rings (SSSR count). The van der Waals surface area contributed by atoms with Gasteiger partial charge in [-0.15, -0.1) is 0 Å². The molecule has 0 bridgehead atoms. The Hall–Kier alpha value is 0.0800. The Morgan fingerprint density at radius 2 is 1.88 bits per heavy atom. The molecule has 0 aliphatic rings. The predicted octanol–water partition coefficient (Wildman–Crippen LogP) is 4.97. The van der Waals surface area contributed by atoms with Gasteiger partial charge < -0.3 is 5.11 Å². The standard InChI is InChI=1S/C12H19Cl3O2/c1-3-5-6-7-9(4-2)10(11(16)17)8-12(13,14)15/h8-9H,3-7H2,1-2H3,(H,16,17)/b10-8+. The molecule has 17 heavy (non-hydrogen) atoms. The zero-order chi connectivity index (χ0) is 13.5. The van der Waals surface area contributed by atoms with Crippen molar-refractivity contribution in [3.8, 4) is 0 Å². The van der Waals surface area contributed by atoms with Crippen molar-refractivity contribution in [2.45, 2.75) is 49.7 Å². The normalized spacial score (nSPS) is 14.8. The Bertz CT molecular complexity index is 269. The summed E-state index contributed by atoms with van der Waals surface area (Å²) in [4.78, 5) is 11.2. The summed E-state index contributed by atoms with van der Waals surface area (Å²) >= 11 is 16.9. The van der Waals surface area contributed by atoms with E-state index in [0.717, 1.165) is 32.1 Å². The minimum absolute atomic E-state index is 0.0466. The largest absolute Gasteiger partial charge is 0.478 e. The van der Waals surface area contributed by atoms with Crippen molar-refractivity contribution >= 4 is 40.8 Å². The van der Waals surface area contributed by atoms with Crippen LogP contribution in [-0.4, -0.2) is 14.9 Å². The molecule has 0 heterocycles. The average molecular weight is 302 g/mol. The number of carboxylic acid groups (broad SMARTS) is 1. The molecule has 0 saturated carbocycles. The Morgan fingerprint density at radius 1 is 1.29 bits per heavy atom. The summed E-state index contributed by atoms with van der Waals surface area (Å²) in [6.07, 6.45) is 5.98. The maximum absolute atomic E-state index is 11.2. The van der Waals surface area contributed by atoms with Gasteiger partial charge in [-0.2, -0.15) is 0 Å². The van der Waals surface area contributed by atoms with Crippen molar-refractivity contribution in [2.75, 3.05) is 0 Å². The van der Waals surface area contributed by atoms with Gasteiger partial charge in [0.2, 0.25) is 3.79 Å². The van der Waals surface area contributed by atoms with Crippen LogP contribution < -0.4 is 0 Å². The van der Waals surface area contributed by atoms with Crippen LogP contribution in [0.5, 0.6) is 0 Å². The summed E-state index contributed by atoms with van der Waals surface area (Å²) in [6.45, 7) is 4.06. The summed E-state index contributed by atoms with van der Waals surface area (Å²) in [5.74, 6) is -1.05. The number of halogens is 3. The molecule has 0 aromatic rings. The highest BCUT2D eigenvalue weighted by Gasteiger charge is 2.25. The maximum Gasteiger partial charge on any atom is 0.331 e. The van der Waals surface area contributed by atoms with Crippen LogP contribution >= 0.6 is 34.8 Å². The molecule has 0 radical (unpaired) electrons. The van der Waals surface area contributed by atoms with Crippen LogP contribution in [-0.2, 0) is 4.79 Å². The van der Waals surface area contributed by atoms with Crippen molar-refractivity contribution in [1.29, 1.82) is 0 Å². The number of hydrogen-bond donors (Lipinski definition) is 1. The molecule has 1 unspecified atom stereocenters. The summed E-state index contributed by atoms with van der Waals surface area (Å²) < 4.78 is -1.65. The summed E-state index contributed by atoms with van der Waals surface area (Å²) in [6, 6.07) is 0. The third kappa shape index (κ3) is 7.91. The molecule has 0 aromatic carbocycles. The van der Waals surface area contributed by atoms with Gasteiger partial charge in [-0.1, -0.05) is 67.9 Å². The monoisotopic (exact) mass is 300 g/mol. The van der Waals surface area contributed by atoms with Crippen LogP contribution in [0.25, 0.3) is 0 Å². The van der Waals surface area contributed by atoms with Crippen molar-refractivity contribution < 1.29 is 9.90 Å². The topological polar surface area (TPSA) is 37.3 Å². The van der Waals surface area contributed by atoms with Crippen molar-refractivity contribution in [1.82, 2.24) is 0 Å². The van der Waals surface area contributed by atoms with Crippen LogP contribution in [0.15, 0.2) is 11.6 Å². The Balaban J connectivity index is 4.77. The van der Waals surface area contributed by atoms with Crippen molar-refractivity contribution in [2.24, 2.45) is 5.92 Å². The number of aliphatic carboxylic acids is 1. The Labute approximate surface area is 118 Å². The van der Waals surface area contributed by atoms with Gasteiger partial charge in [0.1, 0.15) is 0 Å². The van der Waals surface area contributed by atoms with Gasteiger partial charge in [-0.25, -0.2) is 4.79 Å². The predicted molar refractivity (Wildman–Crippen MR) is 73.9 cm³/mol. The average Bonchev–Trinajstić information content (AvgIpc) is 2.20. The summed E-state index contributed by atoms with van der Waals surface area (Å²) in [5.41, 5.74) is 0.212. The first-order chi connectivity index (χ1) is 7.81. The van der Waals surface area contributed by atoms with Gasteiger partial charge in [-0.05, 0) is 24.8 Å². The highest BCUT2D eigenvalue weighted by molar-refractivity contribution is 6.69. The van der Waals surface area contributed by atoms with Gasteiger partial charge in [0.05, 0.1) is 0 Å². The number of rotatable bonds is 7. The zero-order valence-corrected chi connectivity index (χ0v) is 12.4. The number of carbonyl (C=O) groups is 1. The van der Waals surface area contributed by atoms with E-state index in [4.69, 9.17) is 39.9 Å². The van der Waals surface area contributed by atoms with Crippen LogP contribution in [0.1, 0.15) is 46.0 Å². The van der Waals surface area contributed by atoms with Crippen LogP contribution in [0, 0.1) is 5.92 Å². The second kappa shape index (κ2) is 8.23. The van der Waals surface area contributed by atoms with Gasteiger partial charge >= 0.3 is 5.97 Å². The van der Waals surface area contributed by atoms with Crippen molar-refractivity contribution in [3.63, 3.8) is 0 Å². The van der Waals surface area contributed by atoms with E-state index < -0.39 is 9.76 Å². The molecule has 5 heteroatoms. The van der Waals surface area contributed by atoms with E-state index in [0.29, 0.717) is 0 Å². The van der Waals surface area contributed by atoms with E-state index in [9.17, 15) is 4.79 Å². The molecule has 0 amide bonds. The molecular formula is C12H19Cl3O2. The first kappa shape index (κ1) is 17.1. The molecule has 0 aliphatic heterocycles.